The maximum Gasteiger partial charge on any atom is 0.322 e. The molecule has 7 heteroatoms. The van der Waals surface area contributed by atoms with Gasteiger partial charge in [-0.1, -0.05) is 37.3 Å². The first-order valence-electron chi connectivity index (χ1n) is 6.35. The second kappa shape index (κ2) is 6.15. The van der Waals surface area contributed by atoms with Gasteiger partial charge in [-0.3, -0.25) is 4.79 Å². The molecule has 0 radical (unpaired) electrons. The van der Waals surface area contributed by atoms with Gasteiger partial charge in [0.25, 0.3) is 0 Å². The maximum atomic E-state index is 12.5. The molecule has 0 saturated carbocycles. The number of sulfonamides is 1. The largest absolute Gasteiger partial charge is 0.480 e. The highest BCUT2D eigenvalue weighted by Gasteiger charge is 2.44. The van der Waals surface area contributed by atoms with Crippen LogP contribution in [0, 0.1) is 0 Å². The molecule has 2 rings (SSSR count). The van der Waals surface area contributed by atoms with Crippen LogP contribution in [0.3, 0.4) is 0 Å². The Morgan fingerprint density at radius 1 is 1.40 bits per heavy atom. The van der Waals surface area contributed by atoms with Crippen LogP contribution >= 0.6 is 11.8 Å². The van der Waals surface area contributed by atoms with Crippen molar-refractivity contribution in [3.63, 3.8) is 0 Å². The number of carbonyl (C=O) groups is 1. The van der Waals surface area contributed by atoms with E-state index in [1.807, 2.05) is 13.0 Å². The summed E-state index contributed by atoms with van der Waals surface area (Å²) < 4.78 is 26.2. The van der Waals surface area contributed by atoms with E-state index in [0.29, 0.717) is 17.7 Å². The number of benzene rings is 1. The van der Waals surface area contributed by atoms with Gasteiger partial charge in [0, 0.05) is 5.75 Å². The number of nitrogens with zero attached hydrogens (tertiary/aromatic N) is 1. The summed E-state index contributed by atoms with van der Waals surface area (Å²) in [5.41, 5.74) is 0.670. The molecule has 5 nitrogen and oxygen atoms in total. The molecule has 2 unspecified atom stereocenters. The SMILES string of the molecule is CCC1SCC(C(=O)O)N1S(=O)(=O)Cc1ccccc1. The monoisotopic (exact) mass is 315 g/mol. The molecule has 1 saturated heterocycles. The van der Waals surface area contributed by atoms with Crippen LogP contribution in [-0.2, 0) is 20.6 Å². The first kappa shape index (κ1) is 15.3. The van der Waals surface area contributed by atoms with Crippen molar-refractivity contribution in [1.29, 1.82) is 0 Å². The number of carboxylic acid groups (broad SMARTS) is 1. The highest BCUT2D eigenvalue weighted by atomic mass is 32.2. The van der Waals surface area contributed by atoms with E-state index in [-0.39, 0.29) is 11.1 Å². The van der Waals surface area contributed by atoms with Crippen LogP contribution in [0.25, 0.3) is 0 Å². The Labute approximate surface area is 123 Å². The zero-order chi connectivity index (χ0) is 14.8. The Balaban J connectivity index is 2.28. The lowest BCUT2D eigenvalue weighted by molar-refractivity contribution is -0.140. The van der Waals surface area contributed by atoms with Crippen molar-refractivity contribution < 1.29 is 18.3 Å². The average Bonchev–Trinajstić information content (AvgIpc) is 2.84. The Kier molecular flexibility index (Phi) is 4.72. The van der Waals surface area contributed by atoms with Crippen molar-refractivity contribution in [3.8, 4) is 0 Å². The molecule has 1 N–H and O–H groups in total. The highest BCUT2D eigenvalue weighted by molar-refractivity contribution is 8.01. The van der Waals surface area contributed by atoms with Crippen LogP contribution in [0.5, 0.6) is 0 Å². The summed E-state index contributed by atoms with van der Waals surface area (Å²) in [6.45, 7) is 1.87. The second-order valence-electron chi connectivity index (χ2n) is 4.62. The zero-order valence-corrected chi connectivity index (χ0v) is 12.7. The van der Waals surface area contributed by atoms with Gasteiger partial charge in [-0.05, 0) is 12.0 Å². The number of carboxylic acids is 1. The van der Waals surface area contributed by atoms with Gasteiger partial charge in [0.1, 0.15) is 6.04 Å². The van der Waals surface area contributed by atoms with E-state index in [2.05, 4.69) is 0 Å². The molecule has 2 atom stereocenters. The Morgan fingerprint density at radius 3 is 2.60 bits per heavy atom. The van der Waals surface area contributed by atoms with Gasteiger partial charge >= 0.3 is 5.97 Å². The van der Waals surface area contributed by atoms with E-state index < -0.39 is 22.0 Å². The van der Waals surface area contributed by atoms with Crippen LogP contribution in [0.1, 0.15) is 18.9 Å². The van der Waals surface area contributed by atoms with Crippen molar-refractivity contribution in [2.45, 2.75) is 30.5 Å². The molecule has 0 spiro atoms. The third-order valence-electron chi connectivity index (χ3n) is 3.18. The minimum Gasteiger partial charge on any atom is -0.480 e. The molecule has 110 valence electrons. The molecule has 0 aromatic heterocycles. The van der Waals surface area contributed by atoms with Gasteiger partial charge < -0.3 is 5.11 Å². The summed E-state index contributed by atoms with van der Waals surface area (Å²) in [6.07, 6.45) is 0.600. The van der Waals surface area contributed by atoms with Crippen molar-refractivity contribution >= 4 is 27.8 Å². The molecule has 0 aliphatic carbocycles. The Bertz CT molecular complexity index is 573. The number of rotatable bonds is 5. The number of aliphatic carboxylic acids is 1. The van der Waals surface area contributed by atoms with E-state index in [4.69, 9.17) is 0 Å². The molecule has 0 amide bonds. The minimum atomic E-state index is -3.64. The summed E-state index contributed by atoms with van der Waals surface area (Å²) in [6, 6.07) is 7.87. The quantitative estimate of drug-likeness (QED) is 0.896. The van der Waals surface area contributed by atoms with Gasteiger partial charge in [-0.25, -0.2) is 8.42 Å². The van der Waals surface area contributed by atoms with Crippen molar-refractivity contribution in [3.05, 3.63) is 35.9 Å². The third-order valence-corrected chi connectivity index (χ3v) is 6.62. The highest BCUT2D eigenvalue weighted by Crippen LogP contribution is 2.34. The van der Waals surface area contributed by atoms with Crippen molar-refractivity contribution in [1.82, 2.24) is 4.31 Å². The predicted molar refractivity (Wildman–Crippen MR) is 78.9 cm³/mol. The fourth-order valence-electron chi connectivity index (χ4n) is 2.26. The van der Waals surface area contributed by atoms with Crippen LogP contribution in [0.15, 0.2) is 30.3 Å². The summed E-state index contributed by atoms with van der Waals surface area (Å²) in [4.78, 5) is 11.3. The van der Waals surface area contributed by atoms with Crippen LogP contribution in [0.2, 0.25) is 0 Å². The molecule has 1 fully saturated rings. The van der Waals surface area contributed by atoms with E-state index in [1.165, 1.54) is 16.1 Å². The first-order valence-corrected chi connectivity index (χ1v) is 9.01. The van der Waals surface area contributed by atoms with Crippen LogP contribution in [0.4, 0.5) is 0 Å². The third kappa shape index (κ3) is 3.16. The number of thioether (sulfide) groups is 1. The zero-order valence-electron chi connectivity index (χ0n) is 11.1. The molecule has 1 aliphatic rings. The Hall–Kier alpha value is -1.05. The Morgan fingerprint density at radius 2 is 2.05 bits per heavy atom. The summed E-state index contributed by atoms with van der Waals surface area (Å²) in [7, 11) is -3.64. The summed E-state index contributed by atoms with van der Waals surface area (Å²) in [5.74, 6) is -0.929. The van der Waals surface area contributed by atoms with E-state index in [0.717, 1.165) is 0 Å². The smallest absolute Gasteiger partial charge is 0.322 e. The van der Waals surface area contributed by atoms with Gasteiger partial charge in [-0.2, -0.15) is 4.31 Å². The molecular formula is C13H17NO4S2. The molecule has 0 bridgehead atoms. The van der Waals surface area contributed by atoms with Gasteiger partial charge in [0.15, 0.2) is 0 Å². The minimum absolute atomic E-state index is 0.158. The summed E-state index contributed by atoms with van der Waals surface area (Å²) >= 11 is 1.39. The van der Waals surface area contributed by atoms with Crippen molar-refractivity contribution in [2.24, 2.45) is 0 Å². The first-order chi connectivity index (χ1) is 9.45. The van der Waals surface area contributed by atoms with Crippen LogP contribution < -0.4 is 0 Å². The van der Waals surface area contributed by atoms with E-state index >= 15 is 0 Å². The topological polar surface area (TPSA) is 74.7 Å². The fraction of sp³-hybridized carbons (Fsp3) is 0.462. The molecule has 1 aliphatic heterocycles. The number of hydrogen-bond donors (Lipinski definition) is 1. The molecular weight excluding hydrogens is 298 g/mol. The summed E-state index contributed by atoms with van der Waals surface area (Å²) in [5, 5.41) is 8.92. The lowest BCUT2D eigenvalue weighted by Gasteiger charge is -2.25. The van der Waals surface area contributed by atoms with Gasteiger partial charge in [-0.15, -0.1) is 11.8 Å². The predicted octanol–water partition coefficient (Wildman–Crippen LogP) is 1.75. The molecule has 1 aromatic rings. The standard InChI is InChI=1S/C13H17NO4S2/c1-2-12-14(11(8-19-12)13(15)16)20(17,18)9-10-6-4-3-5-7-10/h3-7,11-12H,2,8-9H2,1H3,(H,15,16). The molecule has 20 heavy (non-hydrogen) atoms. The lowest BCUT2D eigenvalue weighted by Crippen LogP contribution is -2.45. The van der Waals surface area contributed by atoms with E-state index in [9.17, 15) is 18.3 Å². The maximum absolute atomic E-state index is 12.5. The van der Waals surface area contributed by atoms with Gasteiger partial charge in [0.2, 0.25) is 10.0 Å². The fourth-order valence-corrected chi connectivity index (χ4v) is 5.99. The molecule has 1 heterocycles. The number of hydrogen-bond acceptors (Lipinski definition) is 4. The lowest BCUT2D eigenvalue weighted by atomic mass is 10.2. The van der Waals surface area contributed by atoms with Crippen molar-refractivity contribution in [2.75, 3.05) is 5.75 Å². The average molecular weight is 315 g/mol. The van der Waals surface area contributed by atoms with Crippen LogP contribution in [-0.4, -0.2) is 41.0 Å². The normalized spacial score (nSPS) is 23.9. The van der Waals surface area contributed by atoms with E-state index in [1.54, 1.807) is 24.3 Å². The van der Waals surface area contributed by atoms with Gasteiger partial charge in [0.05, 0.1) is 11.1 Å². The molecule has 1 aromatic carbocycles. The second-order valence-corrected chi connectivity index (χ2v) is 7.71.